The van der Waals surface area contributed by atoms with E-state index in [0.29, 0.717) is 0 Å². The van der Waals surface area contributed by atoms with Gasteiger partial charge in [0.2, 0.25) is 0 Å². The van der Waals surface area contributed by atoms with Crippen molar-refractivity contribution in [2.45, 2.75) is 0 Å². The Bertz CT molecular complexity index is 842. The van der Waals surface area contributed by atoms with Crippen molar-refractivity contribution < 1.29 is 14.5 Å². The first-order chi connectivity index (χ1) is 11.3. The molecule has 2 N–H and O–H groups in total. The van der Waals surface area contributed by atoms with E-state index in [-0.39, 0.29) is 26.4 Å². The lowest BCUT2D eigenvalue weighted by molar-refractivity contribution is -0.384. The average molecular weight is 389 g/mol. The summed E-state index contributed by atoms with van der Waals surface area (Å²) in [5, 5.41) is 15.5. The molecular weight excluding hydrogens is 381 g/mol. The molecule has 0 aliphatic rings. The molecule has 7 nitrogen and oxygen atoms in total. The molecular formula is C14H8Cl3N3O4. The molecule has 10 heteroatoms. The number of anilines is 2. The van der Waals surface area contributed by atoms with Gasteiger partial charge in [0.1, 0.15) is 5.02 Å². The summed E-state index contributed by atoms with van der Waals surface area (Å²) < 4.78 is 0. The van der Waals surface area contributed by atoms with E-state index in [2.05, 4.69) is 10.6 Å². The second kappa shape index (κ2) is 7.48. The smallest absolute Gasteiger partial charge is 0.314 e. The zero-order chi connectivity index (χ0) is 17.9. The normalized spacial score (nSPS) is 10.1. The monoisotopic (exact) mass is 387 g/mol. The van der Waals surface area contributed by atoms with Gasteiger partial charge in [-0.1, -0.05) is 40.9 Å². The van der Waals surface area contributed by atoms with Gasteiger partial charge in [-0.3, -0.25) is 19.7 Å². The Kier molecular flexibility index (Phi) is 5.61. The Labute approximate surface area is 150 Å². The van der Waals surface area contributed by atoms with Gasteiger partial charge in [0.25, 0.3) is 5.69 Å². The van der Waals surface area contributed by atoms with E-state index in [1.165, 1.54) is 24.3 Å². The van der Waals surface area contributed by atoms with E-state index in [4.69, 9.17) is 34.8 Å². The molecule has 0 aromatic heterocycles. The molecule has 2 aromatic carbocycles. The fraction of sp³-hybridized carbons (Fsp3) is 0. The number of halogens is 3. The number of nitro benzene ring substituents is 1. The molecule has 2 aromatic rings. The Morgan fingerprint density at radius 2 is 1.62 bits per heavy atom. The van der Waals surface area contributed by atoms with Crippen LogP contribution in [-0.2, 0) is 9.59 Å². The quantitative estimate of drug-likeness (QED) is 0.469. The Balaban J connectivity index is 2.12. The van der Waals surface area contributed by atoms with Crippen molar-refractivity contribution >= 4 is 63.7 Å². The summed E-state index contributed by atoms with van der Waals surface area (Å²) in [7, 11) is 0. The highest BCUT2D eigenvalue weighted by atomic mass is 35.5. The third-order valence-electron chi connectivity index (χ3n) is 2.81. The van der Waals surface area contributed by atoms with E-state index < -0.39 is 22.4 Å². The molecule has 0 saturated heterocycles. The minimum atomic E-state index is -1.04. The van der Waals surface area contributed by atoms with Crippen LogP contribution in [0.1, 0.15) is 0 Å². The third kappa shape index (κ3) is 4.14. The van der Waals surface area contributed by atoms with Crippen LogP contribution < -0.4 is 10.6 Å². The van der Waals surface area contributed by atoms with Crippen LogP contribution in [0.2, 0.25) is 15.1 Å². The lowest BCUT2D eigenvalue weighted by atomic mass is 10.2. The van der Waals surface area contributed by atoms with Gasteiger partial charge in [-0.15, -0.1) is 0 Å². The van der Waals surface area contributed by atoms with Crippen molar-refractivity contribution in [3.63, 3.8) is 0 Å². The van der Waals surface area contributed by atoms with E-state index in [0.717, 1.165) is 6.07 Å². The van der Waals surface area contributed by atoms with Crippen LogP contribution in [0.3, 0.4) is 0 Å². The minimum Gasteiger partial charge on any atom is -0.318 e. The minimum absolute atomic E-state index is 0.0449. The van der Waals surface area contributed by atoms with Gasteiger partial charge >= 0.3 is 11.8 Å². The molecule has 2 amide bonds. The molecule has 0 spiro atoms. The maximum atomic E-state index is 11.9. The molecule has 0 heterocycles. The second-order valence-electron chi connectivity index (χ2n) is 4.43. The third-order valence-corrected chi connectivity index (χ3v) is 3.95. The second-order valence-corrected chi connectivity index (χ2v) is 5.63. The number of nitrogens with one attached hydrogen (secondary N) is 2. The number of carbonyl (C=O) groups excluding carboxylic acids is 2. The summed E-state index contributed by atoms with van der Waals surface area (Å²) in [5.74, 6) is -2.06. The van der Waals surface area contributed by atoms with Crippen molar-refractivity contribution in [1.29, 1.82) is 0 Å². The van der Waals surface area contributed by atoms with Gasteiger partial charge in [0.05, 0.1) is 20.7 Å². The maximum Gasteiger partial charge on any atom is 0.314 e. The Morgan fingerprint density at radius 3 is 2.29 bits per heavy atom. The number of carbonyl (C=O) groups is 2. The van der Waals surface area contributed by atoms with Crippen molar-refractivity contribution in [2.24, 2.45) is 0 Å². The molecule has 2 rings (SSSR count). The summed E-state index contributed by atoms with van der Waals surface area (Å²) >= 11 is 17.4. The summed E-state index contributed by atoms with van der Waals surface area (Å²) in [6.45, 7) is 0. The van der Waals surface area contributed by atoms with E-state index in [1.807, 2.05) is 0 Å². The van der Waals surface area contributed by atoms with Crippen LogP contribution in [-0.4, -0.2) is 16.7 Å². The zero-order valence-corrected chi connectivity index (χ0v) is 13.9. The van der Waals surface area contributed by atoms with Gasteiger partial charge in [0.15, 0.2) is 0 Å². The van der Waals surface area contributed by atoms with Crippen molar-refractivity contribution in [3.05, 3.63) is 61.6 Å². The zero-order valence-electron chi connectivity index (χ0n) is 11.7. The summed E-state index contributed by atoms with van der Waals surface area (Å²) in [6, 6.07) is 8.14. The highest BCUT2D eigenvalue weighted by molar-refractivity contribution is 6.47. The summed E-state index contributed by atoms with van der Waals surface area (Å²) in [5.41, 5.74) is -0.192. The SMILES string of the molecule is O=C(Nc1ccc(Cl)c([N+](=O)[O-])c1)C(=O)Nc1cccc(Cl)c1Cl. The van der Waals surface area contributed by atoms with Crippen LogP contribution in [0.5, 0.6) is 0 Å². The van der Waals surface area contributed by atoms with E-state index in [1.54, 1.807) is 6.07 Å². The molecule has 0 bridgehead atoms. The number of rotatable bonds is 3. The lowest BCUT2D eigenvalue weighted by Gasteiger charge is -2.09. The number of hydrogen-bond donors (Lipinski definition) is 2. The van der Waals surface area contributed by atoms with Crippen molar-refractivity contribution in [2.75, 3.05) is 10.6 Å². The highest BCUT2D eigenvalue weighted by Crippen LogP contribution is 2.30. The van der Waals surface area contributed by atoms with E-state index >= 15 is 0 Å². The molecule has 0 fully saturated rings. The van der Waals surface area contributed by atoms with Crippen LogP contribution in [0.25, 0.3) is 0 Å². The molecule has 0 saturated carbocycles. The maximum absolute atomic E-state index is 11.9. The standard InChI is InChI=1S/C14H8Cl3N3O4/c15-8-5-4-7(6-11(8)20(23)24)18-13(21)14(22)19-10-3-1-2-9(16)12(10)17/h1-6H,(H,18,21)(H,19,22). The number of benzene rings is 2. The molecule has 0 atom stereocenters. The van der Waals surface area contributed by atoms with Gasteiger partial charge in [0, 0.05) is 11.8 Å². The molecule has 0 radical (unpaired) electrons. The number of nitrogens with zero attached hydrogens (tertiary/aromatic N) is 1. The van der Waals surface area contributed by atoms with Crippen LogP contribution in [0.4, 0.5) is 17.1 Å². The first-order valence-corrected chi connectivity index (χ1v) is 7.43. The molecule has 0 aliphatic carbocycles. The van der Waals surface area contributed by atoms with Crippen molar-refractivity contribution in [3.8, 4) is 0 Å². The van der Waals surface area contributed by atoms with Crippen LogP contribution in [0, 0.1) is 10.1 Å². The molecule has 0 unspecified atom stereocenters. The first-order valence-electron chi connectivity index (χ1n) is 6.30. The van der Waals surface area contributed by atoms with Gasteiger partial charge < -0.3 is 10.6 Å². The fourth-order valence-electron chi connectivity index (χ4n) is 1.70. The van der Waals surface area contributed by atoms with Crippen LogP contribution >= 0.6 is 34.8 Å². The molecule has 24 heavy (non-hydrogen) atoms. The average Bonchev–Trinajstić information content (AvgIpc) is 2.53. The highest BCUT2D eigenvalue weighted by Gasteiger charge is 2.18. The predicted molar refractivity (Wildman–Crippen MR) is 91.8 cm³/mol. The van der Waals surface area contributed by atoms with Gasteiger partial charge in [-0.25, -0.2) is 0 Å². The van der Waals surface area contributed by atoms with E-state index in [9.17, 15) is 19.7 Å². The lowest BCUT2D eigenvalue weighted by Crippen LogP contribution is -2.29. The fourth-order valence-corrected chi connectivity index (χ4v) is 2.23. The Hall–Kier alpha value is -2.35. The topological polar surface area (TPSA) is 101 Å². The number of hydrogen-bond acceptors (Lipinski definition) is 4. The number of amides is 2. The first kappa shape index (κ1) is 18.0. The number of nitro groups is 1. The largest absolute Gasteiger partial charge is 0.318 e. The summed E-state index contributed by atoms with van der Waals surface area (Å²) in [4.78, 5) is 33.9. The van der Waals surface area contributed by atoms with Gasteiger partial charge in [-0.05, 0) is 24.3 Å². The predicted octanol–water partition coefficient (Wildman–Crippen LogP) is 4.13. The Morgan fingerprint density at radius 1 is 0.958 bits per heavy atom. The molecule has 124 valence electrons. The van der Waals surface area contributed by atoms with Crippen molar-refractivity contribution in [1.82, 2.24) is 0 Å². The van der Waals surface area contributed by atoms with Gasteiger partial charge in [-0.2, -0.15) is 0 Å². The molecule has 0 aliphatic heterocycles. The van der Waals surface area contributed by atoms with Crippen LogP contribution in [0.15, 0.2) is 36.4 Å². The summed E-state index contributed by atoms with van der Waals surface area (Å²) in [6.07, 6.45) is 0.